The highest BCUT2D eigenvalue weighted by Crippen LogP contribution is 2.43. The highest BCUT2D eigenvalue weighted by Gasteiger charge is 2.40. The molecule has 2 aromatic rings. The van der Waals surface area contributed by atoms with E-state index < -0.39 is 15.6 Å². The topological polar surface area (TPSA) is 46.6 Å². The third-order valence-electron chi connectivity index (χ3n) is 5.30. The Kier molecular flexibility index (Phi) is 5.51. The van der Waals surface area contributed by atoms with Gasteiger partial charge in [-0.25, -0.2) is 12.7 Å². The Morgan fingerprint density at radius 1 is 1.00 bits per heavy atom. The second-order valence-electron chi connectivity index (χ2n) is 6.91. The zero-order valence-electron chi connectivity index (χ0n) is 15.7. The van der Waals surface area contributed by atoms with Crippen molar-refractivity contribution in [1.29, 1.82) is 0 Å². The van der Waals surface area contributed by atoms with Crippen LogP contribution in [0.4, 0.5) is 0 Å². The molecule has 0 aliphatic heterocycles. The lowest BCUT2D eigenvalue weighted by Crippen LogP contribution is -2.38. The molecule has 2 aromatic carbocycles. The summed E-state index contributed by atoms with van der Waals surface area (Å²) in [5.41, 5.74) is 4.25. The van der Waals surface area contributed by atoms with E-state index in [1.165, 1.54) is 21.7 Å². The lowest BCUT2D eigenvalue weighted by molar-refractivity contribution is -0.0200. The van der Waals surface area contributed by atoms with Gasteiger partial charge in [-0.2, -0.15) is 0 Å². The third-order valence-corrected chi connectivity index (χ3v) is 6.62. The molecule has 0 heterocycles. The molecule has 0 fully saturated rings. The van der Waals surface area contributed by atoms with Gasteiger partial charge in [0.2, 0.25) is 10.0 Å². The third kappa shape index (κ3) is 3.56. The summed E-state index contributed by atoms with van der Waals surface area (Å²) in [5, 5.41) is 0. The first kappa shape index (κ1) is 19.1. The zero-order chi connectivity index (χ0) is 18.8. The van der Waals surface area contributed by atoms with E-state index in [4.69, 9.17) is 4.74 Å². The van der Waals surface area contributed by atoms with Gasteiger partial charge in [-0.1, -0.05) is 48.5 Å². The Labute approximate surface area is 156 Å². The van der Waals surface area contributed by atoms with Crippen LogP contribution in [0.5, 0.6) is 0 Å². The molecular weight excluding hydrogens is 346 g/mol. The summed E-state index contributed by atoms with van der Waals surface area (Å²) in [4.78, 5) is 0. The SMILES string of the molecule is CCOC1(CCN(C)S(C)(=O)=O)c2ccccc2CCc2ccccc21. The highest BCUT2D eigenvalue weighted by atomic mass is 32.2. The van der Waals surface area contributed by atoms with Gasteiger partial charge in [-0.15, -0.1) is 0 Å². The smallest absolute Gasteiger partial charge is 0.210 e. The molecular formula is C21H27NO3S. The number of nitrogens with zero attached hydrogens (tertiary/aromatic N) is 1. The number of aryl methyl sites for hydroxylation is 2. The van der Waals surface area contributed by atoms with Crippen LogP contribution in [-0.4, -0.2) is 39.2 Å². The molecule has 140 valence electrons. The van der Waals surface area contributed by atoms with Crippen LogP contribution < -0.4 is 0 Å². The molecule has 0 amide bonds. The van der Waals surface area contributed by atoms with Gasteiger partial charge in [0.15, 0.2) is 0 Å². The molecule has 1 aliphatic rings. The molecule has 3 rings (SSSR count). The lowest BCUT2D eigenvalue weighted by atomic mass is 9.80. The van der Waals surface area contributed by atoms with E-state index in [-0.39, 0.29) is 0 Å². The summed E-state index contributed by atoms with van der Waals surface area (Å²) in [6.45, 7) is 2.96. The maximum atomic E-state index is 11.9. The Morgan fingerprint density at radius 2 is 1.50 bits per heavy atom. The van der Waals surface area contributed by atoms with Crippen LogP contribution in [-0.2, 0) is 33.2 Å². The van der Waals surface area contributed by atoms with Crippen molar-refractivity contribution in [2.75, 3.05) is 26.5 Å². The van der Waals surface area contributed by atoms with Gasteiger partial charge in [0, 0.05) is 20.2 Å². The summed E-state index contributed by atoms with van der Waals surface area (Å²) in [6, 6.07) is 16.8. The first-order valence-corrected chi connectivity index (χ1v) is 11.0. The van der Waals surface area contributed by atoms with Crippen molar-refractivity contribution in [1.82, 2.24) is 4.31 Å². The number of fused-ring (bicyclic) bond motifs is 2. The maximum absolute atomic E-state index is 11.9. The van der Waals surface area contributed by atoms with Crippen molar-refractivity contribution < 1.29 is 13.2 Å². The van der Waals surface area contributed by atoms with Gasteiger partial charge in [-0.3, -0.25) is 0 Å². The van der Waals surface area contributed by atoms with Crippen LogP contribution in [0.1, 0.15) is 35.6 Å². The number of sulfonamides is 1. The van der Waals surface area contributed by atoms with Crippen LogP contribution in [0.15, 0.2) is 48.5 Å². The second-order valence-corrected chi connectivity index (χ2v) is 9.00. The Morgan fingerprint density at radius 3 is 1.96 bits per heavy atom. The van der Waals surface area contributed by atoms with Crippen molar-refractivity contribution in [2.24, 2.45) is 0 Å². The van der Waals surface area contributed by atoms with Crippen molar-refractivity contribution in [3.05, 3.63) is 70.8 Å². The van der Waals surface area contributed by atoms with Crippen LogP contribution >= 0.6 is 0 Å². The van der Waals surface area contributed by atoms with E-state index in [2.05, 4.69) is 36.4 Å². The molecule has 0 aromatic heterocycles. The largest absolute Gasteiger partial charge is 0.366 e. The summed E-state index contributed by atoms with van der Waals surface area (Å²) in [6.07, 6.45) is 3.75. The molecule has 0 bridgehead atoms. The van der Waals surface area contributed by atoms with Crippen molar-refractivity contribution >= 4 is 10.0 Å². The summed E-state index contributed by atoms with van der Waals surface area (Å²) in [7, 11) is -1.60. The quantitative estimate of drug-likeness (QED) is 0.780. The van der Waals surface area contributed by atoms with E-state index in [9.17, 15) is 8.42 Å². The van der Waals surface area contributed by atoms with Crippen molar-refractivity contribution in [3.8, 4) is 0 Å². The number of ether oxygens (including phenoxy) is 1. The second kappa shape index (κ2) is 7.51. The number of hydrogen-bond acceptors (Lipinski definition) is 3. The fourth-order valence-corrected chi connectivity index (χ4v) is 4.33. The predicted molar refractivity (Wildman–Crippen MR) is 105 cm³/mol. The van der Waals surface area contributed by atoms with E-state index in [0.717, 1.165) is 24.0 Å². The van der Waals surface area contributed by atoms with Crippen molar-refractivity contribution in [3.63, 3.8) is 0 Å². The molecule has 5 heteroatoms. The summed E-state index contributed by atoms with van der Waals surface area (Å²) < 4.78 is 31.7. The van der Waals surface area contributed by atoms with E-state index in [1.807, 2.05) is 19.1 Å². The molecule has 4 nitrogen and oxygen atoms in total. The number of benzene rings is 2. The van der Waals surface area contributed by atoms with Gasteiger partial charge >= 0.3 is 0 Å². The predicted octanol–water partition coefficient (Wildman–Crippen LogP) is 3.35. The number of hydrogen-bond donors (Lipinski definition) is 0. The maximum Gasteiger partial charge on any atom is 0.210 e. The molecule has 1 aliphatic carbocycles. The fraction of sp³-hybridized carbons (Fsp3) is 0.429. The van der Waals surface area contributed by atoms with E-state index >= 15 is 0 Å². The molecule has 26 heavy (non-hydrogen) atoms. The Balaban J connectivity index is 2.15. The van der Waals surface area contributed by atoms with Crippen molar-refractivity contribution in [2.45, 2.75) is 31.8 Å². The Hall–Kier alpha value is -1.69. The molecule has 0 atom stereocenters. The molecule has 0 unspecified atom stereocenters. The minimum atomic E-state index is -3.23. The first-order chi connectivity index (χ1) is 12.4. The van der Waals surface area contributed by atoms with E-state index in [0.29, 0.717) is 19.6 Å². The fourth-order valence-electron chi connectivity index (χ4n) is 3.90. The molecule has 0 radical (unpaired) electrons. The molecule has 0 saturated carbocycles. The average Bonchev–Trinajstić information content (AvgIpc) is 2.75. The highest BCUT2D eigenvalue weighted by molar-refractivity contribution is 7.88. The molecule has 0 N–H and O–H groups in total. The van der Waals surface area contributed by atoms with Gasteiger partial charge in [0.05, 0.1) is 6.26 Å². The average molecular weight is 374 g/mol. The normalized spacial score (nSPS) is 16.0. The van der Waals surface area contributed by atoms with Crippen LogP contribution in [0, 0.1) is 0 Å². The standard InChI is InChI=1S/C21H27NO3S/c1-4-25-21(15-16-22(2)26(3,23)24)19-11-7-5-9-17(19)13-14-18-10-6-8-12-20(18)21/h5-12H,4,13-16H2,1-3H3. The molecule has 0 spiro atoms. The lowest BCUT2D eigenvalue weighted by Gasteiger charge is -2.37. The summed E-state index contributed by atoms with van der Waals surface area (Å²) >= 11 is 0. The van der Waals surface area contributed by atoms with Crippen LogP contribution in [0.2, 0.25) is 0 Å². The minimum absolute atomic E-state index is 0.404. The van der Waals surface area contributed by atoms with Gasteiger partial charge < -0.3 is 4.74 Å². The molecule has 0 saturated heterocycles. The number of rotatable bonds is 6. The van der Waals surface area contributed by atoms with Crippen LogP contribution in [0.3, 0.4) is 0 Å². The van der Waals surface area contributed by atoms with Crippen LogP contribution in [0.25, 0.3) is 0 Å². The van der Waals surface area contributed by atoms with Gasteiger partial charge in [0.25, 0.3) is 0 Å². The van der Waals surface area contributed by atoms with Gasteiger partial charge in [-0.05, 0) is 48.4 Å². The zero-order valence-corrected chi connectivity index (χ0v) is 16.6. The monoisotopic (exact) mass is 373 g/mol. The Bertz CT molecular complexity index is 829. The summed E-state index contributed by atoms with van der Waals surface area (Å²) in [5.74, 6) is 0. The van der Waals surface area contributed by atoms with Gasteiger partial charge in [0.1, 0.15) is 5.60 Å². The first-order valence-electron chi connectivity index (χ1n) is 9.10. The minimum Gasteiger partial charge on any atom is -0.366 e. The van der Waals surface area contributed by atoms with E-state index in [1.54, 1.807) is 7.05 Å².